The van der Waals surface area contributed by atoms with E-state index in [0.29, 0.717) is 5.56 Å². The molecule has 0 aliphatic rings. The average Bonchev–Trinajstić information content (AvgIpc) is 2.05. The molecular formula is C8H10O5. The maximum atomic E-state index is 10.4. The van der Waals surface area contributed by atoms with Crippen LogP contribution in [0.25, 0.3) is 0 Å². The Hall–Kier alpha value is -1.59. The largest absolute Gasteiger partial charge is 0.507 e. The summed E-state index contributed by atoms with van der Waals surface area (Å²) in [7, 11) is 0. The van der Waals surface area contributed by atoms with E-state index < -0.39 is 5.97 Å². The molecule has 0 saturated heterocycles. The van der Waals surface area contributed by atoms with Crippen LogP contribution >= 0.6 is 0 Å². The molecule has 0 radical (unpaired) electrons. The van der Waals surface area contributed by atoms with Crippen molar-refractivity contribution in [2.75, 3.05) is 0 Å². The Morgan fingerprint density at radius 1 is 1.38 bits per heavy atom. The Labute approximate surface area is 74.2 Å². The second-order valence-electron chi connectivity index (χ2n) is 2.31. The summed E-state index contributed by atoms with van der Waals surface area (Å²) in [4.78, 5) is 10.4. The molecule has 72 valence electrons. The van der Waals surface area contributed by atoms with Crippen molar-refractivity contribution in [2.45, 2.75) is 6.61 Å². The lowest BCUT2D eigenvalue weighted by atomic mass is 10.1. The first-order valence-corrected chi connectivity index (χ1v) is 3.31. The summed E-state index contributed by atoms with van der Waals surface area (Å²) in [5.41, 5.74) is 0.270. The van der Waals surface area contributed by atoms with Gasteiger partial charge in [0, 0.05) is 0 Å². The molecule has 13 heavy (non-hydrogen) atoms. The van der Waals surface area contributed by atoms with E-state index in [1.54, 1.807) is 0 Å². The summed E-state index contributed by atoms with van der Waals surface area (Å²) in [6.07, 6.45) is 0. The maximum absolute atomic E-state index is 10.4. The van der Waals surface area contributed by atoms with Gasteiger partial charge in [0.15, 0.2) is 0 Å². The van der Waals surface area contributed by atoms with Gasteiger partial charge < -0.3 is 20.8 Å². The molecule has 0 aliphatic heterocycles. The van der Waals surface area contributed by atoms with Crippen LogP contribution in [0.4, 0.5) is 0 Å². The SMILES string of the molecule is O.O=C(O)c1cc(CO)ccc1O. The minimum atomic E-state index is -1.21. The molecule has 1 aromatic rings. The Bertz CT molecular complexity index is 307. The minimum absolute atomic E-state index is 0. The molecular weight excluding hydrogens is 176 g/mol. The molecule has 0 bridgehead atoms. The number of aromatic carboxylic acids is 1. The predicted molar refractivity (Wildman–Crippen MR) is 44.6 cm³/mol. The van der Waals surface area contributed by atoms with Gasteiger partial charge in [-0.15, -0.1) is 0 Å². The topological polar surface area (TPSA) is 109 Å². The van der Waals surface area contributed by atoms with Crippen LogP contribution in [0, 0.1) is 0 Å². The summed E-state index contributed by atoms with van der Waals surface area (Å²) < 4.78 is 0. The highest BCUT2D eigenvalue weighted by molar-refractivity contribution is 5.90. The number of aromatic hydroxyl groups is 1. The third kappa shape index (κ3) is 2.43. The van der Waals surface area contributed by atoms with E-state index in [4.69, 9.17) is 15.3 Å². The van der Waals surface area contributed by atoms with Crippen molar-refractivity contribution in [1.82, 2.24) is 0 Å². The second-order valence-corrected chi connectivity index (χ2v) is 2.31. The lowest BCUT2D eigenvalue weighted by Crippen LogP contribution is -1.98. The molecule has 1 rings (SSSR count). The monoisotopic (exact) mass is 186 g/mol. The number of carboxylic acid groups (broad SMARTS) is 1. The van der Waals surface area contributed by atoms with Crippen LogP contribution in [0.1, 0.15) is 15.9 Å². The predicted octanol–water partition coefficient (Wildman–Crippen LogP) is -0.242. The van der Waals surface area contributed by atoms with Gasteiger partial charge in [0.1, 0.15) is 11.3 Å². The highest BCUT2D eigenvalue weighted by Gasteiger charge is 2.08. The van der Waals surface area contributed by atoms with Crippen LogP contribution in [0.3, 0.4) is 0 Å². The van der Waals surface area contributed by atoms with Crippen molar-refractivity contribution < 1.29 is 25.6 Å². The molecule has 5 heteroatoms. The first-order chi connectivity index (χ1) is 5.65. The molecule has 0 aromatic heterocycles. The van der Waals surface area contributed by atoms with Gasteiger partial charge in [-0.25, -0.2) is 4.79 Å². The Morgan fingerprint density at radius 3 is 2.46 bits per heavy atom. The van der Waals surface area contributed by atoms with Crippen LogP contribution in [0.5, 0.6) is 5.75 Å². The number of hydrogen-bond acceptors (Lipinski definition) is 3. The van der Waals surface area contributed by atoms with Gasteiger partial charge in [-0.05, 0) is 17.7 Å². The van der Waals surface area contributed by atoms with Crippen molar-refractivity contribution in [3.63, 3.8) is 0 Å². The molecule has 1 aromatic carbocycles. The quantitative estimate of drug-likeness (QED) is 0.591. The van der Waals surface area contributed by atoms with Crippen molar-refractivity contribution in [1.29, 1.82) is 0 Å². The summed E-state index contributed by atoms with van der Waals surface area (Å²) in [6.45, 7) is -0.236. The van der Waals surface area contributed by atoms with Gasteiger partial charge in [-0.2, -0.15) is 0 Å². The summed E-state index contributed by atoms with van der Waals surface area (Å²) in [5, 5.41) is 26.2. The van der Waals surface area contributed by atoms with E-state index in [9.17, 15) is 4.79 Å². The van der Waals surface area contributed by atoms with E-state index >= 15 is 0 Å². The molecule has 0 heterocycles. The van der Waals surface area contributed by atoms with Gasteiger partial charge in [-0.3, -0.25) is 0 Å². The normalized spacial score (nSPS) is 9.00. The zero-order valence-corrected chi connectivity index (χ0v) is 6.69. The third-order valence-corrected chi connectivity index (χ3v) is 1.47. The number of aliphatic hydroxyl groups is 1. The van der Waals surface area contributed by atoms with Crippen LogP contribution < -0.4 is 0 Å². The van der Waals surface area contributed by atoms with Crippen molar-refractivity contribution in [3.8, 4) is 5.75 Å². The van der Waals surface area contributed by atoms with Gasteiger partial charge in [0.05, 0.1) is 6.61 Å². The van der Waals surface area contributed by atoms with Gasteiger partial charge >= 0.3 is 5.97 Å². The number of hydrogen-bond donors (Lipinski definition) is 3. The highest BCUT2D eigenvalue weighted by Crippen LogP contribution is 2.18. The van der Waals surface area contributed by atoms with E-state index in [2.05, 4.69) is 0 Å². The number of carbonyl (C=O) groups is 1. The van der Waals surface area contributed by atoms with E-state index in [1.165, 1.54) is 18.2 Å². The zero-order valence-electron chi connectivity index (χ0n) is 6.69. The van der Waals surface area contributed by atoms with E-state index in [-0.39, 0.29) is 23.4 Å². The van der Waals surface area contributed by atoms with Gasteiger partial charge in [0.25, 0.3) is 0 Å². The second kappa shape index (κ2) is 4.44. The summed E-state index contributed by atoms with van der Waals surface area (Å²) >= 11 is 0. The maximum Gasteiger partial charge on any atom is 0.339 e. The smallest absolute Gasteiger partial charge is 0.339 e. The highest BCUT2D eigenvalue weighted by atomic mass is 16.4. The van der Waals surface area contributed by atoms with Crippen molar-refractivity contribution in [2.24, 2.45) is 0 Å². The van der Waals surface area contributed by atoms with E-state index in [1.807, 2.05) is 0 Å². The number of carboxylic acids is 1. The van der Waals surface area contributed by atoms with Crippen molar-refractivity contribution >= 4 is 5.97 Å². The first-order valence-electron chi connectivity index (χ1n) is 3.31. The number of phenols is 1. The molecule has 0 atom stereocenters. The number of rotatable bonds is 2. The Balaban J connectivity index is 0.00000144. The lowest BCUT2D eigenvalue weighted by Gasteiger charge is -2.00. The Kier molecular flexibility index (Phi) is 3.90. The fourth-order valence-electron chi connectivity index (χ4n) is 0.853. The average molecular weight is 186 g/mol. The first kappa shape index (κ1) is 11.4. The molecule has 0 amide bonds. The molecule has 0 spiro atoms. The van der Waals surface area contributed by atoms with Crippen LogP contribution in [0.15, 0.2) is 18.2 Å². The number of aliphatic hydroxyl groups excluding tert-OH is 1. The van der Waals surface area contributed by atoms with E-state index in [0.717, 1.165) is 0 Å². The van der Waals surface area contributed by atoms with Crippen LogP contribution in [-0.4, -0.2) is 26.8 Å². The Morgan fingerprint density at radius 2 is 2.00 bits per heavy atom. The number of benzene rings is 1. The summed E-state index contributed by atoms with van der Waals surface area (Å²) in [6, 6.07) is 3.94. The fraction of sp³-hybridized carbons (Fsp3) is 0.125. The van der Waals surface area contributed by atoms with Crippen molar-refractivity contribution in [3.05, 3.63) is 29.3 Å². The molecule has 0 fully saturated rings. The minimum Gasteiger partial charge on any atom is -0.507 e. The van der Waals surface area contributed by atoms with Crippen LogP contribution in [0.2, 0.25) is 0 Å². The molecule has 0 saturated carbocycles. The van der Waals surface area contributed by atoms with Gasteiger partial charge in [-0.1, -0.05) is 6.07 Å². The molecule has 0 unspecified atom stereocenters. The van der Waals surface area contributed by atoms with Gasteiger partial charge in [0.2, 0.25) is 0 Å². The fourth-order valence-corrected chi connectivity index (χ4v) is 0.853. The molecule has 5 nitrogen and oxygen atoms in total. The zero-order chi connectivity index (χ0) is 9.14. The molecule has 5 N–H and O–H groups in total. The van der Waals surface area contributed by atoms with Crippen LogP contribution in [-0.2, 0) is 6.61 Å². The summed E-state index contributed by atoms with van der Waals surface area (Å²) in [5.74, 6) is -1.50. The molecule has 0 aliphatic carbocycles. The lowest BCUT2D eigenvalue weighted by molar-refractivity contribution is 0.0693. The standard InChI is InChI=1S/C8H8O4.H2O/c9-4-5-1-2-7(10)6(3-5)8(11)12;/h1-3,9-10H,4H2,(H,11,12);1H2. The third-order valence-electron chi connectivity index (χ3n) is 1.47.